The Bertz CT molecular complexity index is 457. The fraction of sp³-hybridized carbons (Fsp3) is 0.684. The quantitative estimate of drug-likeness (QED) is 0.830. The van der Waals surface area contributed by atoms with E-state index in [-0.39, 0.29) is 0 Å². The van der Waals surface area contributed by atoms with Crippen molar-refractivity contribution in [3.05, 3.63) is 35.4 Å². The Hall–Kier alpha value is -0.900. The predicted molar refractivity (Wildman–Crippen MR) is 90.9 cm³/mol. The molecule has 2 fully saturated rings. The van der Waals surface area contributed by atoms with Crippen LogP contribution >= 0.6 is 0 Å². The van der Waals surface area contributed by atoms with Gasteiger partial charge >= 0.3 is 0 Å². The molecule has 2 aliphatic heterocycles. The molecule has 122 valence electrons. The molecule has 2 saturated heterocycles. The van der Waals surface area contributed by atoms with Crippen LogP contribution in [0.2, 0.25) is 0 Å². The lowest BCUT2D eigenvalue weighted by molar-refractivity contribution is 0.184. The molecule has 3 rings (SSSR count). The molecule has 0 radical (unpaired) electrons. The molecule has 1 aromatic carbocycles. The van der Waals surface area contributed by atoms with Crippen LogP contribution in [0.4, 0.5) is 0 Å². The second-order valence-corrected chi connectivity index (χ2v) is 6.86. The third kappa shape index (κ3) is 4.31. The first-order valence-electron chi connectivity index (χ1n) is 8.88. The average Bonchev–Trinajstić information content (AvgIpc) is 2.96. The minimum atomic E-state index is 0.713. The maximum atomic E-state index is 5.24. The van der Waals surface area contributed by atoms with Crippen molar-refractivity contribution in [2.24, 2.45) is 0 Å². The molecule has 1 aromatic rings. The summed E-state index contributed by atoms with van der Waals surface area (Å²) in [7, 11) is 1.76. The summed E-state index contributed by atoms with van der Waals surface area (Å²) in [5, 5.41) is 0. The van der Waals surface area contributed by atoms with Gasteiger partial charge in [-0.1, -0.05) is 24.3 Å². The van der Waals surface area contributed by atoms with Gasteiger partial charge in [0.05, 0.1) is 6.61 Å². The summed E-state index contributed by atoms with van der Waals surface area (Å²) >= 11 is 0. The highest BCUT2D eigenvalue weighted by atomic mass is 16.5. The van der Waals surface area contributed by atoms with Gasteiger partial charge in [-0.3, -0.25) is 4.90 Å². The lowest BCUT2D eigenvalue weighted by Crippen LogP contribution is -2.33. The van der Waals surface area contributed by atoms with Crippen molar-refractivity contribution in [1.82, 2.24) is 9.80 Å². The second kappa shape index (κ2) is 8.09. The van der Waals surface area contributed by atoms with E-state index in [1.807, 2.05) is 0 Å². The zero-order valence-corrected chi connectivity index (χ0v) is 14.0. The van der Waals surface area contributed by atoms with E-state index in [1.165, 1.54) is 69.4 Å². The standard InChI is InChI=1S/C19H30N2O/c1-22-16-18-7-4-6-17(14-18)15-20-10-5-8-19(9-13-20)21-11-2-3-12-21/h4,6-7,14,19H,2-3,5,8-13,15-16H2,1H3. The number of hydrogen-bond acceptors (Lipinski definition) is 3. The third-order valence-corrected chi connectivity index (χ3v) is 5.16. The Labute approximate surface area is 135 Å². The first kappa shape index (κ1) is 16.0. The summed E-state index contributed by atoms with van der Waals surface area (Å²) in [6.45, 7) is 6.97. The number of nitrogens with zero attached hydrogens (tertiary/aromatic N) is 2. The molecular weight excluding hydrogens is 272 g/mol. The molecule has 0 bridgehead atoms. The highest BCUT2D eigenvalue weighted by Gasteiger charge is 2.24. The molecule has 0 spiro atoms. The van der Waals surface area contributed by atoms with Gasteiger partial charge in [-0.2, -0.15) is 0 Å². The van der Waals surface area contributed by atoms with E-state index in [9.17, 15) is 0 Å². The van der Waals surface area contributed by atoms with E-state index in [1.54, 1.807) is 7.11 Å². The van der Waals surface area contributed by atoms with Crippen molar-refractivity contribution in [2.45, 2.75) is 51.3 Å². The normalized spacial score (nSPS) is 24.5. The van der Waals surface area contributed by atoms with E-state index in [4.69, 9.17) is 4.74 Å². The zero-order chi connectivity index (χ0) is 15.2. The van der Waals surface area contributed by atoms with Gasteiger partial charge in [0.15, 0.2) is 0 Å². The third-order valence-electron chi connectivity index (χ3n) is 5.16. The number of rotatable bonds is 5. The monoisotopic (exact) mass is 302 g/mol. The summed E-state index contributed by atoms with van der Waals surface area (Å²) in [6.07, 6.45) is 6.90. The van der Waals surface area contributed by atoms with Crippen LogP contribution in [0.3, 0.4) is 0 Å². The molecule has 3 nitrogen and oxygen atoms in total. The topological polar surface area (TPSA) is 15.7 Å². The van der Waals surface area contributed by atoms with Crippen molar-refractivity contribution >= 4 is 0 Å². The first-order chi connectivity index (χ1) is 10.8. The summed E-state index contributed by atoms with van der Waals surface area (Å²) in [5.41, 5.74) is 2.71. The van der Waals surface area contributed by atoms with Gasteiger partial charge in [-0.15, -0.1) is 0 Å². The van der Waals surface area contributed by atoms with Crippen LogP contribution in [-0.2, 0) is 17.9 Å². The number of likely N-dealkylation sites (tertiary alicyclic amines) is 2. The van der Waals surface area contributed by atoms with E-state index in [0.717, 1.165) is 12.6 Å². The Morgan fingerprint density at radius 3 is 2.64 bits per heavy atom. The average molecular weight is 302 g/mol. The fourth-order valence-electron chi connectivity index (χ4n) is 4.01. The van der Waals surface area contributed by atoms with Gasteiger partial charge in [0.2, 0.25) is 0 Å². The lowest BCUT2D eigenvalue weighted by atomic mass is 10.1. The van der Waals surface area contributed by atoms with Crippen LogP contribution in [0, 0.1) is 0 Å². The van der Waals surface area contributed by atoms with Crippen LogP contribution in [0.1, 0.15) is 43.2 Å². The van der Waals surface area contributed by atoms with Crippen LogP contribution in [-0.4, -0.2) is 49.1 Å². The molecule has 0 aromatic heterocycles. The smallest absolute Gasteiger partial charge is 0.0713 e. The molecule has 1 unspecified atom stereocenters. The Balaban J connectivity index is 1.53. The van der Waals surface area contributed by atoms with Crippen LogP contribution in [0.5, 0.6) is 0 Å². The lowest BCUT2D eigenvalue weighted by Gasteiger charge is -2.26. The Morgan fingerprint density at radius 2 is 1.82 bits per heavy atom. The highest BCUT2D eigenvalue weighted by Crippen LogP contribution is 2.22. The molecule has 0 saturated carbocycles. The Kier molecular flexibility index (Phi) is 5.88. The van der Waals surface area contributed by atoms with E-state index in [0.29, 0.717) is 6.61 Å². The van der Waals surface area contributed by atoms with Gasteiger partial charge in [-0.05, 0) is 69.4 Å². The van der Waals surface area contributed by atoms with Crippen LogP contribution in [0.25, 0.3) is 0 Å². The Morgan fingerprint density at radius 1 is 1.00 bits per heavy atom. The predicted octanol–water partition coefficient (Wildman–Crippen LogP) is 3.28. The maximum Gasteiger partial charge on any atom is 0.0713 e. The number of hydrogen-bond donors (Lipinski definition) is 0. The van der Waals surface area contributed by atoms with E-state index >= 15 is 0 Å². The molecule has 2 heterocycles. The maximum absolute atomic E-state index is 5.24. The van der Waals surface area contributed by atoms with Gasteiger partial charge in [0, 0.05) is 19.7 Å². The van der Waals surface area contributed by atoms with Crippen molar-refractivity contribution in [1.29, 1.82) is 0 Å². The van der Waals surface area contributed by atoms with Crippen molar-refractivity contribution in [3.63, 3.8) is 0 Å². The molecular formula is C19H30N2O. The fourth-order valence-corrected chi connectivity index (χ4v) is 4.01. The molecule has 0 amide bonds. The van der Waals surface area contributed by atoms with E-state index < -0.39 is 0 Å². The van der Waals surface area contributed by atoms with Gasteiger partial charge in [-0.25, -0.2) is 0 Å². The summed E-state index contributed by atoms with van der Waals surface area (Å²) in [4.78, 5) is 5.38. The minimum absolute atomic E-state index is 0.713. The second-order valence-electron chi connectivity index (χ2n) is 6.86. The molecule has 3 heteroatoms. The van der Waals surface area contributed by atoms with Gasteiger partial charge in [0.1, 0.15) is 0 Å². The van der Waals surface area contributed by atoms with Gasteiger partial charge in [0.25, 0.3) is 0 Å². The number of benzene rings is 1. The molecule has 0 N–H and O–H groups in total. The summed E-state index contributed by atoms with van der Waals surface area (Å²) in [5.74, 6) is 0. The minimum Gasteiger partial charge on any atom is -0.380 e. The summed E-state index contributed by atoms with van der Waals surface area (Å²) < 4.78 is 5.24. The zero-order valence-electron chi connectivity index (χ0n) is 14.0. The molecule has 0 aliphatic carbocycles. The van der Waals surface area contributed by atoms with Crippen molar-refractivity contribution in [2.75, 3.05) is 33.3 Å². The molecule has 22 heavy (non-hydrogen) atoms. The van der Waals surface area contributed by atoms with Crippen LogP contribution < -0.4 is 0 Å². The number of ether oxygens (including phenoxy) is 1. The van der Waals surface area contributed by atoms with Crippen molar-refractivity contribution < 1.29 is 4.74 Å². The highest BCUT2D eigenvalue weighted by molar-refractivity contribution is 5.23. The van der Waals surface area contributed by atoms with Gasteiger partial charge < -0.3 is 9.64 Å². The summed E-state index contributed by atoms with van der Waals surface area (Å²) in [6, 6.07) is 9.70. The van der Waals surface area contributed by atoms with Crippen LogP contribution in [0.15, 0.2) is 24.3 Å². The molecule has 2 aliphatic rings. The van der Waals surface area contributed by atoms with E-state index in [2.05, 4.69) is 34.1 Å². The SMILES string of the molecule is COCc1cccc(CN2CCCC(N3CCCC3)CC2)c1. The largest absolute Gasteiger partial charge is 0.380 e. The van der Waals surface area contributed by atoms with Crippen molar-refractivity contribution in [3.8, 4) is 0 Å². The first-order valence-corrected chi connectivity index (χ1v) is 8.88. The number of methoxy groups -OCH3 is 1. The molecule has 1 atom stereocenters.